The Labute approximate surface area is 125 Å². The third-order valence-electron chi connectivity index (χ3n) is 2.51. The number of aromatic nitrogens is 2. The molecule has 0 unspecified atom stereocenters. The Morgan fingerprint density at radius 3 is 2.60 bits per heavy atom. The van der Waals surface area contributed by atoms with E-state index in [4.69, 9.17) is 10.6 Å². The molecule has 0 aliphatic heterocycles. The molecule has 0 aliphatic rings. The van der Waals surface area contributed by atoms with E-state index in [0.717, 1.165) is 15.7 Å². The fourth-order valence-electron chi connectivity index (χ4n) is 1.79. The molecule has 6 nitrogen and oxygen atoms in total. The van der Waals surface area contributed by atoms with Crippen LogP contribution in [0, 0.1) is 6.92 Å². The normalized spacial score (nSPS) is 10.4. The van der Waals surface area contributed by atoms with E-state index < -0.39 is 0 Å². The quantitative estimate of drug-likeness (QED) is 0.574. The Bertz CT molecular complexity index is 585. The molecular formula is C13H16BrN5O. The van der Waals surface area contributed by atoms with Gasteiger partial charge >= 0.3 is 0 Å². The molecule has 0 fully saturated rings. The Kier molecular flexibility index (Phi) is 4.89. The molecule has 1 aromatic heterocycles. The largest absolute Gasteiger partial charge is 0.377 e. The second-order valence-corrected chi connectivity index (χ2v) is 5.19. The van der Waals surface area contributed by atoms with E-state index in [1.165, 1.54) is 0 Å². The van der Waals surface area contributed by atoms with Crippen LogP contribution >= 0.6 is 15.9 Å². The molecule has 4 N–H and O–H groups in total. The van der Waals surface area contributed by atoms with Crippen molar-refractivity contribution in [1.82, 2.24) is 9.97 Å². The summed E-state index contributed by atoms with van der Waals surface area (Å²) < 4.78 is 6.05. The van der Waals surface area contributed by atoms with Crippen LogP contribution in [0.4, 0.5) is 17.3 Å². The topological polar surface area (TPSA) is 85.1 Å². The maximum absolute atomic E-state index is 5.41. The Morgan fingerprint density at radius 1 is 1.20 bits per heavy atom. The van der Waals surface area contributed by atoms with Crippen LogP contribution in [0.5, 0.6) is 0 Å². The van der Waals surface area contributed by atoms with E-state index in [2.05, 4.69) is 36.6 Å². The lowest BCUT2D eigenvalue weighted by Crippen LogP contribution is -2.11. The molecule has 2 rings (SSSR count). The SMILES string of the molecule is COCc1nc(NN)cc(Nc2cc(C)cc(Br)c2)n1. The molecule has 0 saturated heterocycles. The van der Waals surface area contributed by atoms with E-state index in [1.54, 1.807) is 13.2 Å². The number of nitrogens with one attached hydrogen (secondary N) is 2. The van der Waals surface area contributed by atoms with Gasteiger partial charge < -0.3 is 15.5 Å². The number of methoxy groups -OCH3 is 1. The van der Waals surface area contributed by atoms with Gasteiger partial charge in [0, 0.05) is 23.3 Å². The molecule has 0 saturated carbocycles. The summed E-state index contributed by atoms with van der Waals surface area (Å²) in [5.41, 5.74) is 4.59. The number of nitrogens with two attached hydrogens (primary N) is 1. The van der Waals surface area contributed by atoms with Gasteiger partial charge in [0.2, 0.25) is 0 Å². The molecule has 20 heavy (non-hydrogen) atoms. The van der Waals surface area contributed by atoms with Gasteiger partial charge in [-0.05, 0) is 30.7 Å². The van der Waals surface area contributed by atoms with Crippen molar-refractivity contribution in [1.29, 1.82) is 0 Å². The summed E-state index contributed by atoms with van der Waals surface area (Å²) in [5, 5.41) is 3.23. The van der Waals surface area contributed by atoms with Gasteiger partial charge in [-0.2, -0.15) is 0 Å². The van der Waals surface area contributed by atoms with Gasteiger partial charge in [0.1, 0.15) is 18.2 Å². The first-order valence-electron chi connectivity index (χ1n) is 5.98. The van der Waals surface area contributed by atoms with Crippen molar-refractivity contribution in [3.63, 3.8) is 0 Å². The third kappa shape index (κ3) is 3.89. The third-order valence-corrected chi connectivity index (χ3v) is 2.97. The fraction of sp³-hybridized carbons (Fsp3) is 0.231. The lowest BCUT2D eigenvalue weighted by Gasteiger charge is -2.10. The number of rotatable bonds is 5. The van der Waals surface area contributed by atoms with Gasteiger partial charge in [0.05, 0.1) is 0 Å². The average Bonchev–Trinajstić information content (AvgIpc) is 2.37. The fourth-order valence-corrected chi connectivity index (χ4v) is 2.39. The second kappa shape index (κ2) is 6.65. The molecule has 106 valence electrons. The zero-order valence-corrected chi connectivity index (χ0v) is 12.9. The molecule has 2 aromatic rings. The van der Waals surface area contributed by atoms with Crippen LogP contribution in [-0.4, -0.2) is 17.1 Å². The molecule has 0 radical (unpaired) electrons. The van der Waals surface area contributed by atoms with Crippen molar-refractivity contribution in [2.24, 2.45) is 5.84 Å². The van der Waals surface area contributed by atoms with Gasteiger partial charge in [-0.1, -0.05) is 15.9 Å². The Hall–Kier alpha value is -1.70. The number of hydrogen-bond donors (Lipinski definition) is 3. The number of benzene rings is 1. The highest BCUT2D eigenvalue weighted by atomic mass is 79.9. The molecule has 0 aliphatic carbocycles. The number of hydrazine groups is 1. The van der Waals surface area contributed by atoms with Crippen LogP contribution < -0.4 is 16.6 Å². The monoisotopic (exact) mass is 337 g/mol. The van der Waals surface area contributed by atoms with Crippen molar-refractivity contribution < 1.29 is 4.74 Å². The van der Waals surface area contributed by atoms with Crippen LogP contribution in [0.2, 0.25) is 0 Å². The van der Waals surface area contributed by atoms with E-state index in [0.29, 0.717) is 24.1 Å². The standard InChI is InChI=1S/C13H16BrN5O/c1-8-3-9(14)5-10(4-8)16-11-6-12(19-15)18-13(17-11)7-20-2/h3-6H,7,15H2,1-2H3,(H2,16,17,18,19). The van der Waals surface area contributed by atoms with E-state index in [1.807, 2.05) is 25.1 Å². The number of aryl methyl sites for hydroxylation is 1. The van der Waals surface area contributed by atoms with E-state index >= 15 is 0 Å². The summed E-state index contributed by atoms with van der Waals surface area (Å²) in [4.78, 5) is 8.56. The first-order valence-corrected chi connectivity index (χ1v) is 6.77. The van der Waals surface area contributed by atoms with Crippen LogP contribution in [-0.2, 0) is 11.3 Å². The molecule has 0 amide bonds. The van der Waals surface area contributed by atoms with E-state index in [9.17, 15) is 0 Å². The lowest BCUT2D eigenvalue weighted by atomic mass is 10.2. The maximum Gasteiger partial charge on any atom is 0.158 e. The van der Waals surface area contributed by atoms with Crippen LogP contribution in [0.15, 0.2) is 28.7 Å². The molecule has 1 aromatic carbocycles. The highest BCUT2D eigenvalue weighted by Crippen LogP contribution is 2.23. The minimum atomic E-state index is 0.321. The number of anilines is 3. The highest BCUT2D eigenvalue weighted by Gasteiger charge is 2.05. The average molecular weight is 338 g/mol. The lowest BCUT2D eigenvalue weighted by molar-refractivity contribution is 0.178. The number of nitrogens with zero attached hydrogens (tertiary/aromatic N) is 2. The zero-order valence-electron chi connectivity index (χ0n) is 11.3. The number of ether oxygens (including phenoxy) is 1. The van der Waals surface area contributed by atoms with Gasteiger partial charge in [0.15, 0.2) is 5.82 Å². The Balaban J connectivity index is 2.29. The summed E-state index contributed by atoms with van der Waals surface area (Å²) in [6.45, 7) is 2.35. The van der Waals surface area contributed by atoms with Crippen molar-refractivity contribution in [3.8, 4) is 0 Å². The first kappa shape index (κ1) is 14.7. The van der Waals surface area contributed by atoms with E-state index in [-0.39, 0.29) is 0 Å². The summed E-state index contributed by atoms with van der Waals surface area (Å²) in [6, 6.07) is 7.77. The summed E-state index contributed by atoms with van der Waals surface area (Å²) in [7, 11) is 1.59. The summed E-state index contributed by atoms with van der Waals surface area (Å²) >= 11 is 3.47. The van der Waals surface area contributed by atoms with Crippen LogP contribution in [0.25, 0.3) is 0 Å². The molecule has 0 spiro atoms. The molecular weight excluding hydrogens is 322 g/mol. The minimum Gasteiger partial charge on any atom is -0.377 e. The smallest absolute Gasteiger partial charge is 0.158 e. The van der Waals surface area contributed by atoms with Gasteiger partial charge in [0.25, 0.3) is 0 Å². The highest BCUT2D eigenvalue weighted by molar-refractivity contribution is 9.10. The van der Waals surface area contributed by atoms with Gasteiger partial charge in [-0.15, -0.1) is 0 Å². The number of nitrogen functional groups attached to an aromatic ring is 1. The van der Waals surface area contributed by atoms with Crippen molar-refractivity contribution in [2.45, 2.75) is 13.5 Å². The van der Waals surface area contributed by atoms with Crippen LogP contribution in [0.1, 0.15) is 11.4 Å². The van der Waals surface area contributed by atoms with Gasteiger partial charge in [-0.25, -0.2) is 15.8 Å². The van der Waals surface area contributed by atoms with Crippen molar-refractivity contribution in [2.75, 3.05) is 17.9 Å². The maximum atomic E-state index is 5.41. The molecule has 7 heteroatoms. The first-order chi connectivity index (χ1) is 9.60. The summed E-state index contributed by atoms with van der Waals surface area (Å²) in [6.07, 6.45) is 0. The second-order valence-electron chi connectivity index (χ2n) is 4.27. The molecule has 0 atom stereocenters. The van der Waals surface area contributed by atoms with Crippen molar-refractivity contribution >= 4 is 33.3 Å². The predicted octanol–water partition coefficient (Wildman–Crippen LogP) is 2.72. The number of halogens is 1. The minimum absolute atomic E-state index is 0.321. The Morgan fingerprint density at radius 2 is 1.95 bits per heavy atom. The number of hydrogen-bond acceptors (Lipinski definition) is 6. The van der Waals surface area contributed by atoms with Crippen LogP contribution in [0.3, 0.4) is 0 Å². The molecule has 1 heterocycles. The summed E-state index contributed by atoms with van der Waals surface area (Å²) in [5.74, 6) is 7.14. The predicted molar refractivity (Wildman–Crippen MR) is 82.7 cm³/mol. The zero-order chi connectivity index (χ0) is 14.5. The molecule has 0 bridgehead atoms. The van der Waals surface area contributed by atoms with Crippen molar-refractivity contribution in [3.05, 3.63) is 40.1 Å². The van der Waals surface area contributed by atoms with Gasteiger partial charge in [-0.3, -0.25) is 0 Å².